The van der Waals surface area contributed by atoms with E-state index < -0.39 is 0 Å². The van der Waals surface area contributed by atoms with Crippen molar-refractivity contribution in [2.75, 3.05) is 11.1 Å². The molecule has 2 heterocycles. The zero-order valence-electron chi connectivity index (χ0n) is 20.0. The lowest BCUT2D eigenvalue weighted by molar-refractivity contribution is -0.113. The van der Waals surface area contributed by atoms with Crippen LogP contribution in [-0.4, -0.2) is 30.8 Å². The number of carbonyl (C=O) groups is 1. The number of thioether (sulfide) groups is 1. The highest BCUT2D eigenvalue weighted by molar-refractivity contribution is 7.99. The van der Waals surface area contributed by atoms with Crippen LogP contribution in [0.2, 0.25) is 0 Å². The summed E-state index contributed by atoms with van der Waals surface area (Å²) in [5, 5.41) is 12.8. The summed E-state index contributed by atoms with van der Waals surface area (Å²) in [5.41, 5.74) is 6.38. The standard InChI is InChI=1S/C27H25N5O2S/c1-16-9-10-18(3)23(13-16)31-25(34)21-7-5-6-8-22(21)32-26(31)29-30-27(32)35-15-24(33)28-20-12-11-17(2)19(4)14-20/h5-14H,15H2,1-4H3,(H,28,33). The molecule has 8 heteroatoms. The third kappa shape index (κ3) is 4.21. The minimum atomic E-state index is -0.154. The summed E-state index contributed by atoms with van der Waals surface area (Å²) in [4.78, 5) is 26.2. The van der Waals surface area contributed by atoms with Crippen LogP contribution in [0.1, 0.15) is 22.3 Å². The monoisotopic (exact) mass is 483 g/mol. The Labute approximate surface area is 206 Å². The van der Waals surface area contributed by atoms with Crippen molar-refractivity contribution in [1.29, 1.82) is 0 Å². The Balaban J connectivity index is 1.56. The summed E-state index contributed by atoms with van der Waals surface area (Å²) >= 11 is 1.29. The van der Waals surface area contributed by atoms with E-state index in [-0.39, 0.29) is 17.2 Å². The second-order valence-corrected chi connectivity index (χ2v) is 9.64. The minimum absolute atomic E-state index is 0.137. The summed E-state index contributed by atoms with van der Waals surface area (Å²) in [6, 6.07) is 19.2. The van der Waals surface area contributed by atoms with Crippen molar-refractivity contribution < 1.29 is 4.79 Å². The maximum atomic E-state index is 13.5. The topological polar surface area (TPSA) is 81.3 Å². The fourth-order valence-corrected chi connectivity index (χ4v) is 4.84. The van der Waals surface area contributed by atoms with Crippen LogP contribution >= 0.6 is 11.8 Å². The number of amides is 1. The second kappa shape index (κ2) is 9.03. The van der Waals surface area contributed by atoms with Gasteiger partial charge < -0.3 is 5.32 Å². The van der Waals surface area contributed by atoms with Crippen molar-refractivity contribution in [2.45, 2.75) is 32.9 Å². The molecule has 176 valence electrons. The van der Waals surface area contributed by atoms with Crippen molar-refractivity contribution >= 4 is 40.0 Å². The first-order valence-corrected chi connectivity index (χ1v) is 12.3. The van der Waals surface area contributed by atoms with E-state index in [1.165, 1.54) is 17.3 Å². The lowest BCUT2D eigenvalue weighted by Crippen LogP contribution is -2.22. The average molecular weight is 484 g/mol. The van der Waals surface area contributed by atoms with Crippen LogP contribution in [0.15, 0.2) is 70.6 Å². The van der Waals surface area contributed by atoms with E-state index >= 15 is 0 Å². The molecule has 0 saturated carbocycles. The Morgan fingerprint density at radius 1 is 0.914 bits per heavy atom. The third-order valence-corrected chi connectivity index (χ3v) is 7.05. The number of anilines is 1. The number of nitrogens with zero attached hydrogens (tertiary/aromatic N) is 4. The first-order valence-electron chi connectivity index (χ1n) is 11.3. The summed E-state index contributed by atoms with van der Waals surface area (Å²) < 4.78 is 3.46. The van der Waals surface area contributed by atoms with Gasteiger partial charge in [-0.05, 0) is 80.3 Å². The van der Waals surface area contributed by atoms with Gasteiger partial charge in [-0.3, -0.25) is 14.0 Å². The van der Waals surface area contributed by atoms with Gasteiger partial charge in [-0.15, -0.1) is 10.2 Å². The molecule has 35 heavy (non-hydrogen) atoms. The fourth-order valence-electron chi connectivity index (χ4n) is 4.10. The smallest absolute Gasteiger partial charge is 0.267 e. The molecule has 0 spiro atoms. The maximum Gasteiger partial charge on any atom is 0.267 e. The average Bonchev–Trinajstić information content (AvgIpc) is 3.26. The van der Waals surface area contributed by atoms with Crippen LogP contribution in [0.4, 0.5) is 5.69 Å². The zero-order chi connectivity index (χ0) is 24.7. The molecule has 1 amide bonds. The van der Waals surface area contributed by atoms with Gasteiger partial charge in [0.2, 0.25) is 11.7 Å². The van der Waals surface area contributed by atoms with Gasteiger partial charge in [-0.2, -0.15) is 0 Å². The fraction of sp³-hybridized carbons (Fsp3) is 0.185. The Kier molecular flexibility index (Phi) is 5.90. The van der Waals surface area contributed by atoms with Crippen molar-refractivity contribution in [3.8, 4) is 5.69 Å². The highest BCUT2D eigenvalue weighted by Crippen LogP contribution is 2.25. The van der Waals surface area contributed by atoms with Crippen LogP contribution in [0, 0.1) is 27.7 Å². The van der Waals surface area contributed by atoms with Gasteiger partial charge in [0.25, 0.3) is 5.56 Å². The number of fused-ring (bicyclic) bond motifs is 3. The van der Waals surface area contributed by atoms with E-state index in [9.17, 15) is 9.59 Å². The molecule has 0 unspecified atom stereocenters. The van der Waals surface area contributed by atoms with Crippen LogP contribution in [0.3, 0.4) is 0 Å². The minimum Gasteiger partial charge on any atom is -0.325 e. The molecule has 5 aromatic rings. The molecule has 0 saturated heterocycles. The van der Waals surface area contributed by atoms with Crippen LogP contribution in [0.25, 0.3) is 22.4 Å². The quantitative estimate of drug-likeness (QED) is 0.356. The SMILES string of the molecule is Cc1ccc(C)c(-n2c(=O)c3ccccc3n3c(SCC(=O)Nc4ccc(C)c(C)c4)nnc23)c1. The Hall–Kier alpha value is -3.91. The van der Waals surface area contributed by atoms with Gasteiger partial charge in [0.15, 0.2) is 5.16 Å². The predicted octanol–water partition coefficient (Wildman–Crippen LogP) is 5.00. The van der Waals surface area contributed by atoms with Crippen molar-refractivity contribution in [1.82, 2.24) is 19.2 Å². The number of para-hydroxylation sites is 1. The van der Waals surface area contributed by atoms with E-state index in [0.717, 1.165) is 28.1 Å². The number of carbonyl (C=O) groups excluding carboxylic acids is 1. The van der Waals surface area contributed by atoms with Gasteiger partial charge >= 0.3 is 0 Å². The predicted molar refractivity (Wildman–Crippen MR) is 141 cm³/mol. The molecule has 0 aliphatic rings. The van der Waals surface area contributed by atoms with E-state index in [2.05, 4.69) is 15.5 Å². The second-order valence-electron chi connectivity index (χ2n) is 8.70. The largest absolute Gasteiger partial charge is 0.325 e. The lowest BCUT2D eigenvalue weighted by atomic mass is 10.1. The zero-order valence-corrected chi connectivity index (χ0v) is 20.8. The summed E-state index contributed by atoms with van der Waals surface area (Å²) in [6.45, 7) is 8.01. The van der Waals surface area contributed by atoms with Gasteiger partial charge in [-0.1, -0.05) is 42.1 Å². The van der Waals surface area contributed by atoms with Crippen LogP contribution in [-0.2, 0) is 4.79 Å². The highest BCUT2D eigenvalue weighted by atomic mass is 32.2. The van der Waals surface area contributed by atoms with Gasteiger partial charge in [0.1, 0.15) is 0 Å². The highest BCUT2D eigenvalue weighted by Gasteiger charge is 2.19. The first-order chi connectivity index (χ1) is 16.8. The van der Waals surface area contributed by atoms with Gasteiger partial charge in [0, 0.05) is 5.69 Å². The molecule has 0 atom stereocenters. The van der Waals surface area contributed by atoms with E-state index in [1.54, 1.807) is 10.6 Å². The summed E-state index contributed by atoms with van der Waals surface area (Å²) in [5.74, 6) is 0.437. The first kappa shape index (κ1) is 22.9. The molecule has 3 aromatic carbocycles. The molecule has 0 fully saturated rings. The maximum absolute atomic E-state index is 13.5. The molecular weight excluding hydrogens is 458 g/mol. The van der Waals surface area contributed by atoms with E-state index in [1.807, 2.05) is 86.7 Å². The molecular formula is C27H25N5O2S. The number of benzene rings is 3. The van der Waals surface area contributed by atoms with Gasteiger partial charge in [-0.25, -0.2) is 4.57 Å². The molecule has 7 nitrogen and oxygen atoms in total. The number of hydrogen-bond acceptors (Lipinski definition) is 5. The molecule has 0 aliphatic carbocycles. The van der Waals surface area contributed by atoms with Crippen LogP contribution in [0.5, 0.6) is 0 Å². The Bertz CT molecular complexity index is 1670. The van der Waals surface area contributed by atoms with Crippen LogP contribution < -0.4 is 10.9 Å². The Morgan fingerprint density at radius 3 is 2.49 bits per heavy atom. The number of hydrogen-bond donors (Lipinski definition) is 1. The summed E-state index contributed by atoms with van der Waals surface area (Å²) in [6.07, 6.45) is 0. The Morgan fingerprint density at radius 2 is 1.69 bits per heavy atom. The molecule has 1 N–H and O–H groups in total. The number of aryl methyl sites for hydroxylation is 4. The van der Waals surface area contributed by atoms with Crippen molar-refractivity contribution in [2.24, 2.45) is 0 Å². The molecule has 0 radical (unpaired) electrons. The molecule has 2 aromatic heterocycles. The van der Waals surface area contributed by atoms with E-state index in [4.69, 9.17) is 0 Å². The molecule has 0 aliphatic heterocycles. The molecule has 5 rings (SSSR count). The number of aromatic nitrogens is 4. The molecule has 0 bridgehead atoms. The summed E-state index contributed by atoms with van der Waals surface area (Å²) in [7, 11) is 0. The lowest BCUT2D eigenvalue weighted by Gasteiger charge is -2.14. The number of rotatable bonds is 5. The van der Waals surface area contributed by atoms with Crippen molar-refractivity contribution in [3.05, 3.63) is 93.3 Å². The van der Waals surface area contributed by atoms with E-state index in [0.29, 0.717) is 21.8 Å². The normalized spacial score (nSPS) is 11.3. The van der Waals surface area contributed by atoms with Crippen molar-refractivity contribution in [3.63, 3.8) is 0 Å². The number of nitrogens with one attached hydrogen (secondary N) is 1. The third-order valence-electron chi connectivity index (χ3n) is 6.12. The van der Waals surface area contributed by atoms with Gasteiger partial charge in [0.05, 0.1) is 22.3 Å².